The zero-order valence-electron chi connectivity index (χ0n) is 8.61. The van der Waals surface area contributed by atoms with Gasteiger partial charge in [0.25, 0.3) is 0 Å². The Morgan fingerprint density at radius 1 is 1.40 bits per heavy atom. The molecule has 3 heteroatoms. The molecule has 1 aliphatic heterocycles. The number of anilines is 1. The molecule has 0 spiro atoms. The molecule has 15 heavy (non-hydrogen) atoms. The summed E-state index contributed by atoms with van der Waals surface area (Å²) in [5, 5.41) is 2.85. The third-order valence-corrected chi connectivity index (χ3v) is 2.49. The van der Waals surface area contributed by atoms with E-state index in [0.29, 0.717) is 6.42 Å². The average Bonchev–Trinajstić information content (AvgIpc) is 2.71. The van der Waals surface area contributed by atoms with Crippen LogP contribution in [0.5, 0.6) is 0 Å². The van der Waals surface area contributed by atoms with E-state index in [1.807, 2.05) is 30.3 Å². The number of hydrogen-bond acceptors (Lipinski definition) is 2. The highest BCUT2D eigenvalue weighted by Crippen LogP contribution is 2.16. The minimum Gasteiger partial charge on any atom is -0.378 e. The number of nitrogens with one attached hydrogen (secondary N) is 1. The normalized spacial score (nSPS) is 20.1. The number of rotatable bonds is 3. The molecule has 1 fully saturated rings. The molecule has 1 heterocycles. The second kappa shape index (κ2) is 4.94. The van der Waals surface area contributed by atoms with E-state index < -0.39 is 0 Å². The van der Waals surface area contributed by atoms with Crippen LogP contribution in [-0.2, 0) is 9.53 Å². The Bertz CT molecular complexity index is 318. The summed E-state index contributed by atoms with van der Waals surface area (Å²) in [6.07, 6.45) is 2.66. The van der Waals surface area contributed by atoms with Gasteiger partial charge in [-0.25, -0.2) is 0 Å². The summed E-state index contributed by atoms with van der Waals surface area (Å²) in [4.78, 5) is 11.6. The molecule has 1 aromatic rings. The highest BCUT2D eigenvalue weighted by atomic mass is 16.5. The first kappa shape index (κ1) is 10.2. The number of para-hydroxylation sites is 1. The van der Waals surface area contributed by atoms with Crippen molar-refractivity contribution in [2.24, 2.45) is 0 Å². The van der Waals surface area contributed by atoms with Crippen LogP contribution in [0.1, 0.15) is 19.3 Å². The molecule has 1 unspecified atom stereocenters. The zero-order chi connectivity index (χ0) is 10.5. The molecule has 0 saturated carbocycles. The maximum absolute atomic E-state index is 11.6. The Balaban J connectivity index is 1.82. The SMILES string of the molecule is O=C(CC1CCCO1)Nc1ccccc1. The van der Waals surface area contributed by atoms with Crippen molar-refractivity contribution in [3.63, 3.8) is 0 Å². The van der Waals surface area contributed by atoms with Crippen LogP contribution in [0.3, 0.4) is 0 Å². The lowest BCUT2D eigenvalue weighted by atomic mass is 10.2. The van der Waals surface area contributed by atoms with Crippen molar-refractivity contribution in [2.75, 3.05) is 11.9 Å². The van der Waals surface area contributed by atoms with Crippen molar-refractivity contribution in [1.82, 2.24) is 0 Å². The number of carbonyl (C=O) groups is 1. The molecule has 1 N–H and O–H groups in total. The van der Waals surface area contributed by atoms with Gasteiger partial charge in [-0.15, -0.1) is 0 Å². The molecule has 0 aromatic heterocycles. The zero-order valence-corrected chi connectivity index (χ0v) is 8.61. The summed E-state index contributed by atoms with van der Waals surface area (Å²) < 4.78 is 5.40. The van der Waals surface area contributed by atoms with Crippen LogP contribution in [0, 0.1) is 0 Å². The third-order valence-electron chi connectivity index (χ3n) is 2.49. The highest BCUT2D eigenvalue weighted by Gasteiger charge is 2.18. The van der Waals surface area contributed by atoms with Crippen LogP contribution in [0.25, 0.3) is 0 Å². The predicted octanol–water partition coefficient (Wildman–Crippen LogP) is 2.19. The molecule has 1 saturated heterocycles. The largest absolute Gasteiger partial charge is 0.378 e. The summed E-state index contributed by atoms with van der Waals surface area (Å²) in [6.45, 7) is 0.795. The Kier molecular flexibility index (Phi) is 3.35. The lowest BCUT2D eigenvalue weighted by molar-refractivity contribution is -0.118. The fourth-order valence-corrected chi connectivity index (χ4v) is 1.75. The van der Waals surface area contributed by atoms with Gasteiger partial charge in [-0.2, -0.15) is 0 Å². The minimum absolute atomic E-state index is 0.0353. The van der Waals surface area contributed by atoms with E-state index in [9.17, 15) is 4.79 Å². The number of benzene rings is 1. The van der Waals surface area contributed by atoms with Gasteiger partial charge in [0.2, 0.25) is 5.91 Å². The molecule has 0 aliphatic carbocycles. The summed E-state index contributed by atoms with van der Waals surface area (Å²) in [6, 6.07) is 9.50. The molecule has 2 rings (SSSR count). The molecule has 80 valence electrons. The average molecular weight is 205 g/mol. The van der Waals surface area contributed by atoms with Crippen LogP contribution >= 0.6 is 0 Å². The van der Waals surface area contributed by atoms with Gasteiger partial charge >= 0.3 is 0 Å². The first-order chi connectivity index (χ1) is 7.34. The number of ether oxygens (including phenoxy) is 1. The summed E-state index contributed by atoms with van der Waals surface area (Å²) in [5.74, 6) is 0.0353. The fraction of sp³-hybridized carbons (Fsp3) is 0.417. The van der Waals surface area contributed by atoms with Crippen LogP contribution in [0.15, 0.2) is 30.3 Å². The first-order valence-electron chi connectivity index (χ1n) is 5.31. The Morgan fingerprint density at radius 3 is 2.87 bits per heavy atom. The quantitative estimate of drug-likeness (QED) is 0.821. The van der Waals surface area contributed by atoms with Crippen molar-refractivity contribution in [3.8, 4) is 0 Å². The van der Waals surface area contributed by atoms with Gasteiger partial charge in [-0.05, 0) is 25.0 Å². The van der Waals surface area contributed by atoms with Crippen LogP contribution in [-0.4, -0.2) is 18.6 Å². The van der Waals surface area contributed by atoms with E-state index in [2.05, 4.69) is 5.32 Å². The van der Waals surface area contributed by atoms with Gasteiger partial charge in [-0.3, -0.25) is 4.79 Å². The topological polar surface area (TPSA) is 38.3 Å². The fourth-order valence-electron chi connectivity index (χ4n) is 1.75. The highest BCUT2D eigenvalue weighted by molar-refractivity contribution is 5.90. The van der Waals surface area contributed by atoms with Crippen molar-refractivity contribution < 1.29 is 9.53 Å². The van der Waals surface area contributed by atoms with Crippen molar-refractivity contribution >= 4 is 11.6 Å². The van der Waals surface area contributed by atoms with E-state index in [1.165, 1.54) is 0 Å². The van der Waals surface area contributed by atoms with Crippen molar-refractivity contribution in [2.45, 2.75) is 25.4 Å². The van der Waals surface area contributed by atoms with E-state index in [4.69, 9.17) is 4.74 Å². The monoisotopic (exact) mass is 205 g/mol. The second-order valence-electron chi connectivity index (χ2n) is 3.75. The van der Waals surface area contributed by atoms with Crippen LogP contribution in [0.2, 0.25) is 0 Å². The Morgan fingerprint density at radius 2 is 2.20 bits per heavy atom. The van der Waals surface area contributed by atoms with Crippen molar-refractivity contribution in [1.29, 1.82) is 0 Å². The molecule has 1 aromatic carbocycles. The summed E-state index contributed by atoms with van der Waals surface area (Å²) in [5.41, 5.74) is 0.848. The first-order valence-corrected chi connectivity index (χ1v) is 5.31. The summed E-state index contributed by atoms with van der Waals surface area (Å²) >= 11 is 0. The third kappa shape index (κ3) is 3.06. The van der Waals surface area contributed by atoms with Gasteiger partial charge in [0.1, 0.15) is 0 Å². The molecular weight excluding hydrogens is 190 g/mol. The van der Waals surface area contributed by atoms with Gasteiger partial charge in [0.05, 0.1) is 12.5 Å². The smallest absolute Gasteiger partial charge is 0.226 e. The Hall–Kier alpha value is -1.35. The van der Waals surface area contributed by atoms with E-state index in [-0.39, 0.29) is 12.0 Å². The van der Waals surface area contributed by atoms with Gasteiger partial charge < -0.3 is 10.1 Å². The number of amides is 1. The van der Waals surface area contributed by atoms with Gasteiger partial charge in [0, 0.05) is 12.3 Å². The molecule has 3 nitrogen and oxygen atoms in total. The summed E-state index contributed by atoms with van der Waals surface area (Å²) in [7, 11) is 0. The standard InChI is InChI=1S/C12H15NO2/c14-12(9-11-7-4-8-15-11)13-10-5-2-1-3-6-10/h1-3,5-6,11H,4,7-9H2,(H,13,14). The Labute approximate surface area is 89.4 Å². The van der Waals surface area contributed by atoms with Crippen LogP contribution < -0.4 is 5.32 Å². The maximum Gasteiger partial charge on any atom is 0.226 e. The second-order valence-corrected chi connectivity index (χ2v) is 3.75. The van der Waals surface area contributed by atoms with E-state index >= 15 is 0 Å². The molecular formula is C12H15NO2. The number of hydrogen-bond donors (Lipinski definition) is 1. The van der Waals surface area contributed by atoms with Gasteiger partial charge in [0.15, 0.2) is 0 Å². The molecule has 0 radical (unpaired) electrons. The molecule has 1 aliphatic rings. The predicted molar refractivity (Wildman–Crippen MR) is 58.7 cm³/mol. The molecule has 0 bridgehead atoms. The van der Waals surface area contributed by atoms with Gasteiger partial charge in [-0.1, -0.05) is 18.2 Å². The lowest BCUT2D eigenvalue weighted by Crippen LogP contribution is -2.19. The van der Waals surface area contributed by atoms with Crippen molar-refractivity contribution in [3.05, 3.63) is 30.3 Å². The van der Waals surface area contributed by atoms with E-state index in [0.717, 1.165) is 25.1 Å². The lowest BCUT2D eigenvalue weighted by Gasteiger charge is -2.09. The van der Waals surface area contributed by atoms with E-state index in [1.54, 1.807) is 0 Å². The maximum atomic E-state index is 11.6. The van der Waals surface area contributed by atoms with Crippen LogP contribution in [0.4, 0.5) is 5.69 Å². The minimum atomic E-state index is 0.0353. The molecule has 1 atom stereocenters. The number of carbonyl (C=O) groups excluding carboxylic acids is 1. The molecule has 1 amide bonds.